The van der Waals surface area contributed by atoms with Gasteiger partial charge in [0.15, 0.2) is 0 Å². The summed E-state index contributed by atoms with van der Waals surface area (Å²) in [7, 11) is 0. The van der Waals surface area contributed by atoms with Gasteiger partial charge in [-0.2, -0.15) is 5.10 Å². The summed E-state index contributed by atoms with van der Waals surface area (Å²) >= 11 is 0. The first-order valence-corrected chi connectivity index (χ1v) is 5.06. The summed E-state index contributed by atoms with van der Waals surface area (Å²) in [5.41, 5.74) is 1.01. The monoisotopic (exact) mass is 205 g/mol. The van der Waals surface area contributed by atoms with E-state index in [4.69, 9.17) is 4.42 Å². The van der Waals surface area contributed by atoms with E-state index in [-0.39, 0.29) is 0 Å². The Kier molecular flexibility index (Phi) is 2.76. The predicted molar refractivity (Wildman–Crippen MR) is 58.6 cm³/mol. The fourth-order valence-corrected chi connectivity index (χ4v) is 1.31. The van der Waals surface area contributed by atoms with Crippen molar-refractivity contribution in [3.05, 3.63) is 36.5 Å². The van der Waals surface area contributed by atoms with Crippen LogP contribution in [0, 0.1) is 0 Å². The molecule has 0 fully saturated rings. The first kappa shape index (κ1) is 9.83. The molecule has 80 valence electrons. The van der Waals surface area contributed by atoms with Gasteiger partial charge in [0.2, 0.25) is 0 Å². The third-order valence-electron chi connectivity index (χ3n) is 2.18. The standard InChI is InChI=1S/C11H15N3O/c1-9(2)14-8-10(6-13-14)12-7-11-4-3-5-15-11/h3-6,8-9,12H,7H2,1-2H3. The molecule has 4 nitrogen and oxygen atoms in total. The molecule has 0 saturated heterocycles. The lowest BCUT2D eigenvalue weighted by Gasteiger charge is -2.03. The number of nitrogens with one attached hydrogen (secondary N) is 1. The van der Waals surface area contributed by atoms with Crippen LogP contribution in [0.25, 0.3) is 0 Å². The number of anilines is 1. The van der Waals surface area contributed by atoms with Crippen molar-refractivity contribution in [3.8, 4) is 0 Å². The van der Waals surface area contributed by atoms with E-state index in [0.29, 0.717) is 12.6 Å². The van der Waals surface area contributed by atoms with Gasteiger partial charge >= 0.3 is 0 Å². The van der Waals surface area contributed by atoms with Crippen LogP contribution in [0.1, 0.15) is 25.6 Å². The third-order valence-corrected chi connectivity index (χ3v) is 2.18. The number of aromatic nitrogens is 2. The lowest BCUT2D eigenvalue weighted by Crippen LogP contribution is -2.00. The second kappa shape index (κ2) is 4.21. The molecule has 2 aromatic heterocycles. The highest BCUT2D eigenvalue weighted by molar-refractivity contribution is 5.38. The highest BCUT2D eigenvalue weighted by Gasteiger charge is 2.01. The smallest absolute Gasteiger partial charge is 0.122 e. The summed E-state index contributed by atoms with van der Waals surface area (Å²) in [5, 5.41) is 7.48. The van der Waals surface area contributed by atoms with Crippen LogP contribution in [0.15, 0.2) is 35.2 Å². The molecule has 0 saturated carbocycles. The van der Waals surface area contributed by atoms with Crippen molar-refractivity contribution in [3.63, 3.8) is 0 Å². The molecule has 15 heavy (non-hydrogen) atoms. The zero-order chi connectivity index (χ0) is 10.7. The molecule has 0 spiro atoms. The lowest BCUT2D eigenvalue weighted by atomic mass is 10.4. The van der Waals surface area contributed by atoms with E-state index in [1.165, 1.54) is 0 Å². The van der Waals surface area contributed by atoms with Crippen LogP contribution in [0.2, 0.25) is 0 Å². The van der Waals surface area contributed by atoms with Crippen LogP contribution >= 0.6 is 0 Å². The van der Waals surface area contributed by atoms with Crippen LogP contribution in [0.5, 0.6) is 0 Å². The number of furan rings is 1. The van der Waals surface area contributed by atoms with Crippen LogP contribution < -0.4 is 5.32 Å². The summed E-state index contributed by atoms with van der Waals surface area (Å²) in [6.07, 6.45) is 5.49. The molecule has 0 unspecified atom stereocenters. The fraction of sp³-hybridized carbons (Fsp3) is 0.364. The Bertz CT molecular complexity index is 403. The number of hydrogen-bond acceptors (Lipinski definition) is 3. The van der Waals surface area contributed by atoms with Crippen molar-refractivity contribution in [2.45, 2.75) is 26.4 Å². The van der Waals surface area contributed by atoms with E-state index >= 15 is 0 Å². The van der Waals surface area contributed by atoms with Crippen LogP contribution in [0.3, 0.4) is 0 Å². The van der Waals surface area contributed by atoms with Gasteiger partial charge in [0, 0.05) is 12.2 Å². The normalized spacial score (nSPS) is 10.9. The Labute approximate surface area is 88.9 Å². The van der Waals surface area contributed by atoms with Crippen molar-refractivity contribution in [2.75, 3.05) is 5.32 Å². The Morgan fingerprint density at radius 2 is 2.40 bits per heavy atom. The second-order valence-corrected chi connectivity index (χ2v) is 3.74. The second-order valence-electron chi connectivity index (χ2n) is 3.74. The van der Waals surface area contributed by atoms with E-state index in [0.717, 1.165) is 11.4 Å². The third kappa shape index (κ3) is 2.40. The van der Waals surface area contributed by atoms with Gasteiger partial charge in [-0.1, -0.05) is 0 Å². The average Bonchev–Trinajstić information content (AvgIpc) is 2.86. The van der Waals surface area contributed by atoms with Crippen molar-refractivity contribution in [2.24, 2.45) is 0 Å². The zero-order valence-electron chi connectivity index (χ0n) is 8.97. The van der Waals surface area contributed by atoms with Crippen molar-refractivity contribution in [1.82, 2.24) is 9.78 Å². The van der Waals surface area contributed by atoms with Crippen molar-refractivity contribution in [1.29, 1.82) is 0 Å². The van der Waals surface area contributed by atoms with Crippen LogP contribution in [0.4, 0.5) is 5.69 Å². The first-order valence-electron chi connectivity index (χ1n) is 5.06. The maximum atomic E-state index is 5.22. The van der Waals surface area contributed by atoms with Gasteiger partial charge in [0.05, 0.1) is 24.7 Å². The van der Waals surface area contributed by atoms with E-state index in [2.05, 4.69) is 24.3 Å². The molecule has 1 N–H and O–H groups in total. The van der Waals surface area contributed by atoms with Crippen molar-refractivity contribution >= 4 is 5.69 Å². The molecule has 4 heteroatoms. The molecule has 0 aliphatic carbocycles. The maximum Gasteiger partial charge on any atom is 0.122 e. The maximum absolute atomic E-state index is 5.22. The van der Waals surface area contributed by atoms with Crippen molar-refractivity contribution < 1.29 is 4.42 Å². The van der Waals surface area contributed by atoms with E-state index < -0.39 is 0 Å². The highest BCUT2D eigenvalue weighted by Crippen LogP contribution is 2.11. The average molecular weight is 205 g/mol. The van der Waals surface area contributed by atoms with Gasteiger partial charge < -0.3 is 9.73 Å². The molecule has 0 bridgehead atoms. The minimum Gasteiger partial charge on any atom is -0.467 e. The van der Waals surface area contributed by atoms with E-state index in [9.17, 15) is 0 Å². The summed E-state index contributed by atoms with van der Waals surface area (Å²) in [6, 6.07) is 4.22. The molecule has 0 aromatic carbocycles. The summed E-state index contributed by atoms with van der Waals surface area (Å²) in [4.78, 5) is 0. The topological polar surface area (TPSA) is 43.0 Å². The number of nitrogens with zero attached hydrogens (tertiary/aromatic N) is 2. The molecule has 0 radical (unpaired) electrons. The molecule has 0 atom stereocenters. The zero-order valence-corrected chi connectivity index (χ0v) is 8.97. The van der Waals surface area contributed by atoms with E-state index in [1.54, 1.807) is 6.26 Å². The number of hydrogen-bond donors (Lipinski definition) is 1. The molecule has 2 heterocycles. The predicted octanol–water partition coefficient (Wildman–Crippen LogP) is 2.67. The van der Waals surface area contributed by atoms with Crippen LogP contribution in [-0.2, 0) is 6.54 Å². The minimum absolute atomic E-state index is 0.393. The Hall–Kier alpha value is -1.71. The van der Waals surface area contributed by atoms with Gasteiger partial charge in [-0.25, -0.2) is 0 Å². The highest BCUT2D eigenvalue weighted by atomic mass is 16.3. The molecular formula is C11H15N3O. The summed E-state index contributed by atoms with van der Waals surface area (Å²) < 4.78 is 7.14. The summed E-state index contributed by atoms with van der Waals surface area (Å²) in [5.74, 6) is 0.923. The molecule has 0 aliphatic heterocycles. The Morgan fingerprint density at radius 1 is 1.53 bits per heavy atom. The molecule has 0 aliphatic rings. The lowest BCUT2D eigenvalue weighted by molar-refractivity contribution is 0.518. The Morgan fingerprint density at radius 3 is 3.00 bits per heavy atom. The SMILES string of the molecule is CC(C)n1cc(NCc2ccco2)cn1. The molecule has 0 amide bonds. The number of rotatable bonds is 4. The van der Waals surface area contributed by atoms with Gasteiger partial charge in [-0.3, -0.25) is 4.68 Å². The summed E-state index contributed by atoms with van der Waals surface area (Å²) in [6.45, 7) is 4.89. The van der Waals surface area contributed by atoms with Crippen LogP contribution in [-0.4, -0.2) is 9.78 Å². The van der Waals surface area contributed by atoms with Gasteiger partial charge in [0.25, 0.3) is 0 Å². The fourth-order valence-electron chi connectivity index (χ4n) is 1.31. The van der Waals surface area contributed by atoms with E-state index in [1.807, 2.05) is 29.2 Å². The van der Waals surface area contributed by atoms with Gasteiger partial charge in [0.1, 0.15) is 5.76 Å². The first-order chi connectivity index (χ1) is 7.25. The van der Waals surface area contributed by atoms with Gasteiger partial charge in [-0.05, 0) is 26.0 Å². The minimum atomic E-state index is 0.393. The quantitative estimate of drug-likeness (QED) is 0.834. The molecule has 2 aromatic rings. The molecular weight excluding hydrogens is 190 g/mol. The largest absolute Gasteiger partial charge is 0.467 e. The Balaban J connectivity index is 1.94. The van der Waals surface area contributed by atoms with Gasteiger partial charge in [-0.15, -0.1) is 0 Å². The molecule has 2 rings (SSSR count).